The molecule has 2 rings (SSSR count). The van der Waals surface area contributed by atoms with E-state index in [9.17, 15) is 0 Å². The zero-order valence-electron chi connectivity index (χ0n) is 9.01. The molecular formula is C12H13NO2S. The van der Waals surface area contributed by atoms with E-state index in [0.717, 1.165) is 21.2 Å². The van der Waals surface area contributed by atoms with Gasteiger partial charge in [-0.05, 0) is 36.8 Å². The Morgan fingerprint density at radius 1 is 1.31 bits per heavy atom. The zero-order chi connectivity index (χ0) is 11.4. The number of aromatic nitrogens is 1. The maximum atomic E-state index is 8.94. The lowest BCUT2D eigenvalue weighted by atomic mass is 10.2. The number of aliphatic hydroxyl groups excluding tert-OH is 1. The summed E-state index contributed by atoms with van der Waals surface area (Å²) in [6.45, 7) is 2.64. The van der Waals surface area contributed by atoms with Crippen LogP contribution < -0.4 is 4.74 Å². The fraction of sp³-hybridized carbons (Fsp3) is 0.250. The minimum Gasteiger partial charge on any atom is -0.494 e. The Hall–Kier alpha value is -1.39. The molecule has 0 atom stereocenters. The Morgan fingerprint density at radius 2 is 2.06 bits per heavy atom. The van der Waals surface area contributed by atoms with Crippen LogP contribution in [0.1, 0.15) is 11.9 Å². The summed E-state index contributed by atoms with van der Waals surface area (Å²) in [6, 6.07) is 7.88. The second kappa shape index (κ2) is 5.09. The van der Waals surface area contributed by atoms with E-state index in [0.29, 0.717) is 6.61 Å². The van der Waals surface area contributed by atoms with E-state index >= 15 is 0 Å². The van der Waals surface area contributed by atoms with E-state index in [4.69, 9.17) is 9.84 Å². The third kappa shape index (κ3) is 2.40. The summed E-state index contributed by atoms with van der Waals surface area (Å²) in [4.78, 5) is 5.17. The van der Waals surface area contributed by atoms with E-state index in [2.05, 4.69) is 4.98 Å². The average Bonchev–Trinajstić information content (AvgIpc) is 2.79. The van der Waals surface area contributed by atoms with E-state index < -0.39 is 0 Å². The van der Waals surface area contributed by atoms with Gasteiger partial charge in [-0.3, -0.25) is 0 Å². The van der Waals surface area contributed by atoms with Gasteiger partial charge >= 0.3 is 0 Å². The molecule has 0 bridgehead atoms. The number of ether oxygens (including phenoxy) is 1. The van der Waals surface area contributed by atoms with Gasteiger partial charge in [-0.2, -0.15) is 0 Å². The number of thiazole rings is 1. The van der Waals surface area contributed by atoms with Crippen molar-refractivity contribution in [1.82, 2.24) is 4.98 Å². The molecule has 0 aliphatic heterocycles. The van der Waals surface area contributed by atoms with Crippen molar-refractivity contribution in [3.05, 3.63) is 35.5 Å². The Balaban J connectivity index is 2.20. The summed E-state index contributed by atoms with van der Waals surface area (Å²) in [5, 5.41) is 9.68. The van der Waals surface area contributed by atoms with Gasteiger partial charge < -0.3 is 9.84 Å². The molecule has 0 amide bonds. The predicted molar refractivity (Wildman–Crippen MR) is 64.6 cm³/mol. The number of hydrogen-bond acceptors (Lipinski definition) is 4. The molecule has 0 saturated carbocycles. The average molecular weight is 235 g/mol. The lowest BCUT2D eigenvalue weighted by molar-refractivity contribution is 0.281. The number of nitrogens with zero attached hydrogens (tertiary/aromatic N) is 1. The Kier molecular flexibility index (Phi) is 3.54. The second-order valence-corrected chi connectivity index (χ2v) is 4.35. The first-order valence-electron chi connectivity index (χ1n) is 5.12. The van der Waals surface area contributed by atoms with Crippen LogP contribution in [-0.2, 0) is 6.61 Å². The number of hydrogen-bond donors (Lipinski definition) is 1. The minimum atomic E-state index is 0.00168. The third-order valence-corrected chi connectivity index (χ3v) is 3.17. The lowest BCUT2D eigenvalue weighted by Gasteiger charge is -2.02. The smallest absolute Gasteiger partial charge is 0.119 e. The number of aliphatic hydroxyl groups is 1. The third-order valence-electron chi connectivity index (χ3n) is 2.14. The Bertz CT molecular complexity index is 450. The van der Waals surface area contributed by atoms with Gasteiger partial charge in [-0.25, -0.2) is 4.98 Å². The molecule has 3 nitrogen and oxygen atoms in total. The highest BCUT2D eigenvalue weighted by molar-refractivity contribution is 7.15. The quantitative estimate of drug-likeness (QED) is 0.886. The summed E-state index contributed by atoms with van der Waals surface area (Å²) < 4.78 is 5.37. The highest BCUT2D eigenvalue weighted by Crippen LogP contribution is 2.27. The van der Waals surface area contributed by atoms with Crippen LogP contribution in [0.4, 0.5) is 0 Å². The molecule has 1 heterocycles. The molecule has 0 spiro atoms. The van der Waals surface area contributed by atoms with E-state index in [1.165, 1.54) is 11.3 Å². The Morgan fingerprint density at radius 3 is 2.62 bits per heavy atom. The van der Waals surface area contributed by atoms with Crippen LogP contribution in [-0.4, -0.2) is 16.7 Å². The van der Waals surface area contributed by atoms with Crippen molar-refractivity contribution in [2.75, 3.05) is 6.61 Å². The van der Waals surface area contributed by atoms with Crippen molar-refractivity contribution in [3.63, 3.8) is 0 Å². The molecule has 2 aromatic rings. The maximum absolute atomic E-state index is 8.94. The van der Waals surface area contributed by atoms with Gasteiger partial charge in [-0.15, -0.1) is 11.3 Å². The van der Waals surface area contributed by atoms with Gasteiger partial charge in [0.05, 0.1) is 18.1 Å². The van der Waals surface area contributed by atoms with E-state index in [-0.39, 0.29) is 6.61 Å². The van der Waals surface area contributed by atoms with Gasteiger partial charge in [0.2, 0.25) is 0 Å². The molecule has 0 unspecified atom stereocenters. The largest absolute Gasteiger partial charge is 0.494 e. The monoisotopic (exact) mass is 235 g/mol. The molecule has 0 radical (unpaired) electrons. The summed E-state index contributed by atoms with van der Waals surface area (Å²) >= 11 is 1.50. The topological polar surface area (TPSA) is 42.4 Å². The molecule has 1 N–H and O–H groups in total. The van der Waals surface area contributed by atoms with Gasteiger partial charge in [0.25, 0.3) is 0 Å². The van der Waals surface area contributed by atoms with Gasteiger partial charge in [0.15, 0.2) is 0 Å². The van der Waals surface area contributed by atoms with Crippen LogP contribution in [0.3, 0.4) is 0 Å². The second-order valence-electron chi connectivity index (χ2n) is 3.23. The molecule has 0 aliphatic carbocycles. The van der Waals surface area contributed by atoms with Crippen molar-refractivity contribution < 1.29 is 9.84 Å². The van der Waals surface area contributed by atoms with Crippen LogP contribution >= 0.6 is 11.3 Å². The molecule has 1 aromatic heterocycles. The van der Waals surface area contributed by atoms with Gasteiger partial charge in [0.1, 0.15) is 10.8 Å². The Labute approximate surface area is 98.4 Å². The standard InChI is InChI=1S/C12H13NO2S/c1-2-15-10-5-3-9(4-6-10)11-7-13-12(8-14)16-11/h3-7,14H,2,8H2,1H3. The fourth-order valence-corrected chi connectivity index (χ4v) is 2.18. The van der Waals surface area contributed by atoms with Crippen molar-refractivity contribution in [3.8, 4) is 16.2 Å². The highest BCUT2D eigenvalue weighted by Gasteiger charge is 2.03. The van der Waals surface area contributed by atoms with Crippen LogP contribution in [0, 0.1) is 0 Å². The molecule has 0 fully saturated rings. The van der Waals surface area contributed by atoms with Crippen molar-refractivity contribution in [1.29, 1.82) is 0 Å². The number of benzene rings is 1. The van der Waals surface area contributed by atoms with Gasteiger partial charge in [-0.1, -0.05) is 0 Å². The number of rotatable bonds is 4. The molecule has 84 valence electrons. The van der Waals surface area contributed by atoms with Crippen LogP contribution in [0.15, 0.2) is 30.5 Å². The molecule has 16 heavy (non-hydrogen) atoms. The summed E-state index contributed by atoms with van der Waals surface area (Å²) in [7, 11) is 0. The van der Waals surface area contributed by atoms with Crippen molar-refractivity contribution >= 4 is 11.3 Å². The molecule has 0 saturated heterocycles. The predicted octanol–water partition coefficient (Wildman–Crippen LogP) is 2.70. The first-order valence-corrected chi connectivity index (χ1v) is 5.94. The molecular weight excluding hydrogens is 222 g/mol. The first-order chi connectivity index (χ1) is 7.83. The fourth-order valence-electron chi connectivity index (χ4n) is 1.40. The summed E-state index contributed by atoms with van der Waals surface area (Å²) in [5.41, 5.74) is 1.10. The van der Waals surface area contributed by atoms with Crippen molar-refractivity contribution in [2.45, 2.75) is 13.5 Å². The van der Waals surface area contributed by atoms with E-state index in [1.54, 1.807) is 6.20 Å². The lowest BCUT2D eigenvalue weighted by Crippen LogP contribution is -1.90. The highest BCUT2D eigenvalue weighted by atomic mass is 32.1. The van der Waals surface area contributed by atoms with Gasteiger partial charge in [0, 0.05) is 6.20 Å². The SMILES string of the molecule is CCOc1ccc(-c2cnc(CO)s2)cc1. The van der Waals surface area contributed by atoms with Crippen molar-refractivity contribution in [2.24, 2.45) is 0 Å². The summed E-state index contributed by atoms with van der Waals surface area (Å²) in [6.07, 6.45) is 1.78. The maximum Gasteiger partial charge on any atom is 0.119 e. The first kappa shape index (κ1) is 11.1. The molecule has 1 aromatic carbocycles. The molecule has 0 aliphatic rings. The molecule has 4 heteroatoms. The van der Waals surface area contributed by atoms with Crippen LogP contribution in [0.5, 0.6) is 5.75 Å². The zero-order valence-corrected chi connectivity index (χ0v) is 9.83. The summed E-state index contributed by atoms with van der Waals surface area (Å²) in [5.74, 6) is 0.873. The van der Waals surface area contributed by atoms with Crippen LogP contribution in [0.2, 0.25) is 0 Å². The van der Waals surface area contributed by atoms with Crippen LogP contribution in [0.25, 0.3) is 10.4 Å². The minimum absolute atomic E-state index is 0.00168. The van der Waals surface area contributed by atoms with E-state index in [1.807, 2.05) is 31.2 Å². The normalized spacial score (nSPS) is 10.4.